The van der Waals surface area contributed by atoms with Crippen LogP contribution in [0.5, 0.6) is 0 Å². The molecule has 10 nitrogen and oxygen atoms in total. The van der Waals surface area contributed by atoms with Crippen LogP contribution in [-0.2, 0) is 10.0 Å². The standard InChI is InChI=1S/C11H10N6O4S2/c1-6-5-22-11-14-10(15-16(6)11)13-8-3-2-7(23(12,20)21)4-9(8)17(18)19/h2-5H,1H3,(H,13,15)(H2,12,20,21). The van der Waals surface area contributed by atoms with Crippen LogP contribution >= 0.6 is 11.3 Å². The Morgan fingerprint density at radius 3 is 2.78 bits per heavy atom. The third-order valence-corrected chi connectivity index (χ3v) is 4.83. The molecule has 1 aromatic carbocycles. The number of sulfonamides is 1. The summed E-state index contributed by atoms with van der Waals surface area (Å²) in [6.07, 6.45) is 0. The summed E-state index contributed by atoms with van der Waals surface area (Å²) in [4.78, 5) is 14.9. The van der Waals surface area contributed by atoms with Crippen LogP contribution in [0.2, 0.25) is 0 Å². The van der Waals surface area contributed by atoms with Gasteiger partial charge in [-0.3, -0.25) is 10.1 Å². The van der Waals surface area contributed by atoms with E-state index in [1.165, 1.54) is 23.5 Å². The van der Waals surface area contributed by atoms with Gasteiger partial charge in [0.15, 0.2) is 0 Å². The highest BCUT2D eigenvalue weighted by Gasteiger charge is 2.20. The number of aryl methyl sites for hydroxylation is 1. The summed E-state index contributed by atoms with van der Waals surface area (Å²) >= 11 is 1.38. The largest absolute Gasteiger partial charge is 0.317 e. The summed E-state index contributed by atoms with van der Waals surface area (Å²) in [7, 11) is -4.03. The fraction of sp³-hybridized carbons (Fsp3) is 0.0909. The van der Waals surface area contributed by atoms with E-state index in [2.05, 4.69) is 15.4 Å². The molecular formula is C11H10N6O4S2. The van der Waals surface area contributed by atoms with Gasteiger partial charge in [0.05, 0.1) is 15.5 Å². The molecule has 0 unspecified atom stereocenters. The molecule has 0 fully saturated rings. The van der Waals surface area contributed by atoms with Crippen molar-refractivity contribution in [3.63, 3.8) is 0 Å². The van der Waals surface area contributed by atoms with Gasteiger partial charge in [-0.15, -0.1) is 16.4 Å². The van der Waals surface area contributed by atoms with E-state index in [9.17, 15) is 18.5 Å². The second-order valence-electron chi connectivity index (χ2n) is 4.61. The van der Waals surface area contributed by atoms with Crippen molar-refractivity contribution in [3.05, 3.63) is 39.4 Å². The first-order valence-corrected chi connectivity index (χ1v) is 8.57. The van der Waals surface area contributed by atoms with E-state index >= 15 is 0 Å². The maximum Gasteiger partial charge on any atom is 0.294 e. The molecule has 0 atom stereocenters. The molecule has 2 heterocycles. The molecule has 0 spiro atoms. The molecule has 3 rings (SSSR count). The molecule has 0 bridgehead atoms. The number of nitrogens with two attached hydrogens (primary N) is 1. The highest BCUT2D eigenvalue weighted by Crippen LogP contribution is 2.29. The lowest BCUT2D eigenvalue weighted by Crippen LogP contribution is -2.12. The Morgan fingerprint density at radius 2 is 2.17 bits per heavy atom. The summed E-state index contributed by atoms with van der Waals surface area (Å²) in [6.45, 7) is 1.85. The van der Waals surface area contributed by atoms with Crippen LogP contribution in [0.4, 0.5) is 17.3 Å². The number of nitro groups is 1. The molecule has 3 N–H and O–H groups in total. The molecule has 23 heavy (non-hydrogen) atoms. The predicted octanol–water partition coefficient (Wildman–Crippen LogP) is 1.40. The van der Waals surface area contributed by atoms with Gasteiger partial charge in [0.2, 0.25) is 20.9 Å². The number of nitrogens with one attached hydrogen (secondary N) is 1. The summed E-state index contributed by atoms with van der Waals surface area (Å²) in [6, 6.07) is 3.32. The molecule has 0 aliphatic heterocycles. The van der Waals surface area contributed by atoms with E-state index in [0.717, 1.165) is 11.8 Å². The number of benzene rings is 1. The van der Waals surface area contributed by atoms with E-state index in [4.69, 9.17) is 5.14 Å². The quantitative estimate of drug-likeness (QED) is 0.532. The average molecular weight is 354 g/mol. The maximum absolute atomic E-state index is 11.3. The lowest BCUT2D eigenvalue weighted by molar-refractivity contribution is -0.384. The molecule has 0 saturated heterocycles. The Morgan fingerprint density at radius 1 is 1.43 bits per heavy atom. The Hall–Kier alpha value is -2.57. The first kappa shape index (κ1) is 15.3. The van der Waals surface area contributed by atoms with Gasteiger partial charge >= 0.3 is 0 Å². The zero-order chi connectivity index (χ0) is 16.8. The van der Waals surface area contributed by atoms with Crippen molar-refractivity contribution in [1.29, 1.82) is 0 Å². The van der Waals surface area contributed by atoms with Crippen LogP contribution in [-0.4, -0.2) is 27.9 Å². The van der Waals surface area contributed by atoms with Crippen LogP contribution in [0.25, 0.3) is 4.96 Å². The summed E-state index contributed by atoms with van der Waals surface area (Å²) in [5.74, 6) is 0.173. The third-order valence-electron chi connectivity index (χ3n) is 2.99. The highest BCUT2D eigenvalue weighted by molar-refractivity contribution is 7.89. The number of hydrogen-bond donors (Lipinski definition) is 2. The minimum Gasteiger partial charge on any atom is -0.317 e. The van der Waals surface area contributed by atoms with Crippen LogP contribution in [0.1, 0.15) is 5.69 Å². The molecule has 3 aromatic rings. The van der Waals surface area contributed by atoms with Gasteiger partial charge < -0.3 is 5.32 Å². The third kappa shape index (κ3) is 2.86. The van der Waals surface area contributed by atoms with Gasteiger partial charge in [0.25, 0.3) is 5.69 Å². The monoisotopic (exact) mass is 354 g/mol. The van der Waals surface area contributed by atoms with Crippen LogP contribution in [0.3, 0.4) is 0 Å². The van der Waals surface area contributed by atoms with Crippen molar-refractivity contribution < 1.29 is 13.3 Å². The summed E-state index contributed by atoms with van der Waals surface area (Å²) < 4.78 is 24.2. The summed E-state index contributed by atoms with van der Waals surface area (Å²) in [5.41, 5.74) is 0.509. The molecule has 0 aliphatic rings. The number of nitro benzene ring substituents is 1. The van der Waals surface area contributed by atoms with Gasteiger partial charge in [0.1, 0.15) is 5.69 Å². The Kier molecular flexibility index (Phi) is 3.50. The minimum absolute atomic E-state index is 0.0679. The van der Waals surface area contributed by atoms with Gasteiger partial charge in [0, 0.05) is 11.4 Å². The fourth-order valence-corrected chi connectivity index (χ4v) is 3.24. The van der Waals surface area contributed by atoms with Crippen LogP contribution in [0.15, 0.2) is 28.5 Å². The molecule has 0 saturated carbocycles. The van der Waals surface area contributed by atoms with Gasteiger partial charge in [-0.2, -0.15) is 4.98 Å². The van der Waals surface area contributed by atoms with Crippen LogP contribution < -0.4 is 10.5 Å². The first-order chi connectivity index (χ1) is 10.8. The second-order valence-corrected chi connectivity index (χ2v) is 7.01. The zero-order valence-electron chi connectivity index (χ0n) is 11.6. The van der Waals surface area contributed by atoms with Crippen molar-refractivity contribution >= 4 is 43.6 Å². The highest BCUT2D eigenvalue weighted by atomic mass is 32.2. The van der Waals surface area contributed by atoms with E-state index in [0.29, 0.717) is 4.96 Å². The normalized spacial score (nSPS) is 11.7. The van der Waals surface area contributed by atoms with Crippen molar-refractivity contribution in [2.24, 2.45) is 5.14 Å². The molecule has 12 heteroatoms. The number of hydrogen-bond acceptors (Lipinski definition) is 8. The van der Waals surface area contributed by atoms with Crippen molar-refractivity contribution in [2.45, 2.75) is 11.8 Å². The van der Waals surface area contributed by atoms with Gasteiger partial charge in [-0.25, -0.2) is 18.1 Å². The number of aromatic nitrogens is 3. The van der Waals surface area contributed by atoms with E-state index in [1.54, 1.807) is 4.52 Å². The minimum atomic E-state index is -4.03. The van der Waals surface area contributed by atoms with Crippen molar-refractivity contribution in [1.82, 2.24) is 14.6 Å². The lowest BCUT2D eigenvalue weighted by atomic mass is 10.2. The van der Waals surface area contributed by atoms with Gasteiger partial charge in [-0.05, 0) is 19.1 Å². The maximum atomic E-state index is 11.3. The number of rotatable bonds is 4. The number of thiazole rings is 1. The molecule has 120 valence electrons. The second kappa shape index (κ2) is 5.26. The SMILES string of the molecule is Cc1csc2nc(Nc3ccc(S(N)(=O)=O)cc3[N+](=O)[O-])nn12. The Bertz CT molecular complexity index is 1020. The van der Waals surface area contributed by atoms with Crippen molar-refractivity contribution in [2.75, 3.05) is 5.32 Å². The zero-order valence-corrected chi connectivity index (χ0v) is 13.3. The predicted molar refractivity (Wildman–Crippen MR) is 83.4 cm³/mol. The number of anilines is 2. The Labute approximate surface area is 133 Å². The number of primary sulfonamides is 1. The van der Waals surface area contributed by atoms with E-state index < -0.39 is 20.6 Å². The number of nitrogens with zero attached hydrogens (tertiary/aromatic N) is 4. The fourth-order valence-electron chi connectivity index (χ4n) is 1.91. The van der Waals surface area contributed by atoms with E-state index in [1.807, 2.05) is 12.3 Å². The lowest BCUT2D eigenvalue weighted by Gasteiger charge is -2.05. The molecule has 0 amide bonds. The number of fused-ring (bicyclic) bond motifs is 1. The summed E-state index contributed by atoms with van der Waals surface area (Å²) in [5, 5.41) is 24.9. The molecule has 0 aliphatic carbocycles. The van der Waals surface area contributed by atoms with E-state index in [-0.39, 0.29) is 16.5 Å². The Balaban J connectivity index is 2.03. The van der Waals surface area contributed by atoms with Crippen molar-refractivity contribution in [3.8, 4) is 0 Å². The molecule has 0 radical (unpaired) electrons. The molecule has 2 aromatic heterocycles. The molecular weight excluding hydrogens is 344 g/mol. The average Bonchev–Trinajstić information content (AvgIpc) is 3.00. The topological polar surface area (TPSA) is 146 Å². The van der Waals surface area contributed by atoms with Gasteiger partial charge in [-0.1, -0.05) is 0 Å². The van der Waals surface area contributed by atoms with Crippen LogP contribution in [0, 0.1) is 17.0 Å². The smallest absolute Gasteiger partial charge is 0.294 e. The first-order valence-electron chi connectivity index (χ1n) is 6.15.